The van der Waals surface area contributed by atoms with Gasteiger partial charge in [0.2, 0.25) is 0 Å². The Bertz CT molecular complexity index is 1040. The van der Waals surface area contributed by atoms with Crippen molar-refractivity contribution >= 4 is 11.5 Å². The van der Waals surface area contributed by atoms with Crippen LogP contribution in [0.5, 0.6) is 0 Å². The molecule has 0 aromatic carbocycles. The first-order valence-corrected chi connectivity index (χ1v) is 11.4. The third-order valence-electron chi connectivity index (χ3n) is 6.58. The van der Waals surface area contributed by atoms with Gasteiger partial charge in [-0.15, -0.1) is 5.10 Å². The van der Waals surface area contributed by atoms with Crippen LogP contribution in [0.1, 0.15) is 12.8 Å². The molecule has 5 heterocycles. The van der Waals surface area contributed by atoms with Crippen LogP contribution in [0, 0.1) is 5.92 Å². The fourth-order valence-electron chi connectivity index (χ4n) is 4.92. The summed E-state index contributed by atoms with van der Waals surface area (Å²) in [5.74, 6) is 1.79. The minimum Gasteiger partial charge on any atom is -0.354 e. The molecule has 0 aliphatic carbocycles. The van der Waals surface area contributed by atoms with Gasteiger partial charge in [-0.2, -0.15) is 0 Å². The molecule has 3 aromatic heterocycles. The van der Waals surface area contributed by atoms with Gasteiger partial charge < -0.3 is 9.80 Å². The SMILES string of the molecule is O=c1n(CCN2CCCC(CN3CCN(c4ccccn4)CC3)C2)nc2ccccn12. The lowest BCUT2D eigenvalue weighted by molar-refractivity contribution is 0.125. The molecular formula is C23H31N7O. The van der Waals surface area contributed by atoms with Gasteiger partial charge in [-0.25, -0.2) is 14.5 Å². The van der Waals surface area contributed by atoms with Crippen LogP contribution in [0.4, 0.5) is 5.82 Å². The summed E-state index contributed by atoms with van der Waals surface area (Å²) in [6.45, 7) is 9.22. The van der Waals surface area contributed by atoms with E-state index in [0.717, 1.165) is 51.6 Å². The Kier molecular flexibility index (Phi) is 5.99. The van der Waals surface area contributed by atoms with Crippen molar-refractivity contribution in [2.24, 2.45) is 5.92 Å². The quantitative estimate of drug-likeness (QED) is 0.600. The summed E-state index contributed by atoms with van der Waals surface area (Å²) in [5.41, 5.74) is 0.670. The highest BCUT2D eigenvalue weighted by atomic mass is 16.2. The number of aromatic nitrogens is 4. The Morgan fingerprint density at radius 3 is 2.61 bits per heavy atom. The first-order chi connectivity index (χ1) is 15.3. The number of anilines is 1. The van der Waals surface area contributed by atoms with E-state index in [0.29, 0.717) is 18.1 Å². The van der Waals surface area contributed by atoms with Gasteiger partial charge in [0.1, 0.15) is 5.82 Å². The number of piperidine rings is 1. The van der Waals surface area contributed by atoms with Crippen LogP contribution in [0.3, 0.4) is 0 Å². The minimum atomic E-state index is -0.0464. The lowest BCUT2D eigenvalue weighted by Gasteiger charge is -2.39. The molecule has 8 heteroatoms. The van der Waals surface area contributed by atoms with Crippen LogP contribution in [0.25, 0.3) is 5.65 Å². The second kappa shape index (κ2) is 9.20. The van der Waals surface area contributed by atoms with Crippen molar-refractivity contribution in [1.29, 1.82) is 0 Å². The summed E-state index contributed by atoms with van der Waals surface area (Å²) < 4.78 is 3.22. The van der Waals surface area contributed by atoms with Crippen molar-refractivity contribution in [3.05, 3.63) is 59.3 Å². The Balaban J connectivity index is 1.11. The molecule has 0 radical (unpaired) electrons. The molecule has 164 valence electrons. The number of piperazine rings is 1. The van der Waals surface area contributed by atoms with Crippen LogP contribution >= 0.6 is 0 Å². The number of fused-ring (bicyclic) bond motifs is 1. The van der Waals surface area contributed by atoms with E-state index in [1.807, 2.05) is 30.5 Å². The molecule has 0 saturated carbocycles. The molecule has 3 aromatic rings. The third-order valence-corrected chi connectivity index (χ3v) is 6.58. The van der Waals surface area contributed by atoms with E-state index in [1.54, 1.807) is 15.3 Å². The molecule has 2 fully saturated rings. The largest absolute Gasteiger partial charge is 0.354 e. The van der Waals surface area contributed by atoms with Gasteiger partial charge in [-0.1, -0.05) is 12.1 Å². The normalized spacial score (nSPS) is 21.0. The summed E-state index contributed by atoms with van der Waals surface area (Å²) in [6, 6.07) is 11.8. The summed E-state index contributed by atoms with van der Waals surface area (Å²) in [6.07, 6.45) is 6.19. The van der Waals surface area contributed by atoms with Gasteiger partial charge in [0.25, 0.3) is 0 Å². The van der Waals surface area contributed by atoms with E-state index in [4.69, 9.17) is 0 Å². The van der Waals surface area contributed by atoms with Gasteiger partial charge in [-0.3, -0.25) is 9.30 Å². The zero-order valence-electron chi connectivity index (χ0n) is 18.0. The number of hydrogen-bond donors (Lipinski definition) is 0. The predicted molar refractivity (Wildman–Crippen MR) is 122 cm³/mol. The molecule has 2 aliphatic heterocycles. The second-order valence-electron chi connectivity index (χ2n) is 8.72. The van der Waals surface area contributed by atoms with Crippen molar-refractivity contribution < 1.29 is 0 Å². The topological polar surface area (TPSA) is 61.9 Å². The molecule has 2 aliphatic rings. The van der Waals surface area contributed by atoms with E-state index in [2.05, 4.69) is 36.9 Å². The maximum atomic E-state index is 12.5. The molecule has 0 N–H and O–H groups in total. The fourth-order valence-corrected chi connectivity index (χ4v) is 4.92. The van der Waals surface area contributed by atoms with Crippen LogP contribution in [0.15, 0.2) is 53.6 Å². The maximum absolute atomic E-state index is 12.5. The van der Waals surface area contributed by atoms with Crippen molar-refractivity contribution in [3.8, 4) is 0 Å². The lowest BCUT2D eigenvalue weighted by atomic mass is 9.97. The molecule has 5 rings (SSSR count). The number of nitrogens with zero attached hydrogens (tertiary/aromatic N) is 7. The monoisotopic (exact) mass is 421 g/mol. The first-order valence-electron chi connectivity index (χ1n) is 11.4. The summed E-state index contributed by atoms with van der Waals surface area (Å²) in [4.78, 5) is 24.5. The summed E-state index contributed by atoms with van der Waals surface area (Å²) >= 11 is 0. The molecule has 1 unspecified atom stereocenters. The Labute approximate surface area is 182 Å². The zero-order chi connectivity index (χ0) is 21.0. The lowest BCUT2D eigenvalue weighted by Crippen LogP contribution is -2.50. The van der Waals surface area contributed by atoms with Crippen LogP contribution < -0.4 is 10.6 Å². The van der Waals surface area contributed by atoms with Gasteiger partial charge in [-0.05, 0) is 49.6 Å². The molecule has 2 saturated heterocycles. The first kappa shape index (κ1) is 20.2. The highest BCUT2D eigenvalue weighted by molar-refractivity contribution is 5.38. The van der Waals surface area contributed by atoms with Crippen molar-refractivity contribution in [2.45, 2.75) is 19.4 Å². The van der Waals surface area contributed by atoms with E-state index in [1.165, 1.54) is 19.4 Å². The average molecular weight is 422 g/mol. The number of pyridine rings is 2. The van der Waals surface area contributed by atoms with Gasteiger partial charge in [0, 0.05) is 58.2 Å². The van der Waals surface area contributed by atoms with Crippen molar-refractivity contribution in [2.75, 3.05) is 57.3 Å². The Morgan fingerprint density at radius 1 is 0.935 bits per heavy atom. The smallest absolute Gasteiger partial charge is 0.350 e. The predicted octanol–water partition coefficient (Wildman–Crippen LogP) is 1.43. The van der Waals surface area contributed by atoms with E-state index in [-0.39, 0.29) is 5.69 Å². The van der Waals surface area contributed by atoms with Crippen LogP contribution in [0.2, 0.25) is 0 Å². The fraction of sp³-hybridized carbons (Fsp3) is 0.522. The van der Waals surface area contributed by atoms with E-state index < -0.39 is 0 Å². The van der Waals surface area contributed by atoms with E-state index in [9.17, 15) is 4.79 Å². The Morgan fingerprint density at radius 2 is 1.81 bits per heavy atom. The summed E-state index contributed by atoms with van der Waals surface area (Å²) in [5, 5.41) is 4.46. The molecular weight excluding hydrogens is 390 g/mol. The van der Waals surface area contributed by atoms with Gasteiger partial charge in [0.05, 0.1) is 6.54 Å². The molecule has 0 spiro atoms. The minimum absolute atomic E-state index is 0.0464. The van der Waals surface area contributed by atoms with E-state index >= 15 is 0 Å². The molecule has 0 bridgehead atoms. The zero-order valence-corrected chi connectivity index (χ0v) is 18.0. The highest BCUT2D eigenvalue weighted by Gasteiger charge is 2.25. The van der Waals surface area contributed by atoms with Crippen LogP contribution in [-0.2, 0) is 6.54 Å². The van der Waals surface area contributed by atoms with Crippen molar-refractivity contribution in [1.82, 2.24) is 29.0 Å². The highest BCUT2D eigenvalue weighted by Crippen LogP contribution is 2.19. The molecule has 0 amide bonds. The van der Waals surface area contributed by atoms with Gasteiger partial charge in [0.15, 0.2) is 5.65 Å². The average Bonchev–Trinajstić information content (AvgIpc) is 3.15. The third kappa shape index (κ3) is 4.65. The van der Waals surface area contributed by atoms with Crippen molar-refractivity contribution in [3.63, 3.8) is 0 Å². The summed E-state index contributed by atoms with van der Waals surface area (Å²) in [7, 11) is 0. The number of likely N-dealkylation sites (tertiary alicyclic amines) is 1. The number of hydrogen-bond acceptors (Lipinski definition) is 6. The second-order valence-corrected chi connectivity index (χ2v) is 8.72. The maximum Gasteiger partial charge on any atom is 0.350 e. The molecule has 8 nitrogen and oxygen atoms in total. The van der Waals surface area contributed by atoms with Crippen LogP contribution in [-0.4, -0.2) is 81.3 Å². The molecule has 1 atom stereocenters. The Hall–Kier alpha value is -2.71. The molecule has 31 heavy (non-hydrogen) atoms. The standard InChI is InChI=1S/C23H31N7O/c31-23-29-11-4-2-8-22(29)25-30(23)17-14-26-10-5-6-20(18-26)19-27-12-15-28(16-13-27)21-7-1-3-9-24-21/h1-4,7-9,11,20H,5-6,10,12-19H2. The number of rotatable bonds is 6. The van der Waals surface area contributed by atoms with Gasteiger partial charge >= 0.3 is 5.69 Å².